The molecule has 0 spiro atoms. The number of hydrogen-bond donors (Lipinski definition) is 3. The lowest BCUT2D eigenvalue weighted by Crippen LogP contribution is -2.38. The molecule has 30 heavy (non-hydrogen) atoms. The molecule has 0 radical (unpaired) electrons. The zero-order valence-corrected chi connectivity index (χ0v) is 17.1. The van der Waals surface area contributed by atoms with Gasteiger partial charge in [-0.25, -0.2) is 0 Å². The van der Waals surface area contributed by atoms with Crippen LogP contribution < -0.4 is 10.6 Å². The average Bonchev–Trinajstić information content (AvgIpc) is 3.33. The molecule has 2 amide bonds. The van der Waals surface area contributed by atoms with Gasteiger partial charge in [0.05, 0.1) is 12.2 Å². The topological polar surface area (TPSA) is 105 Å². The molecule has 0 unspecified atom stereocenters. The Hall–Kier alpha value is -2.67. The number of aliphatic carboxylic acids is 1. The minimum atomic E-state index is -0.760. The molecular weight excluding hydrogens is 384 g/mol. The van der Waals surface area contributed by atoms with Gasteiger partial charge >= 0.3 is 17.8 Å². The van der Waals surface area contributed by atoms with Gasteiger partial charge in [0.15, 0.2) is 0 Å². The van der Waals surface area contributed by atoms with Crippen molar-refractivity contribution in [2.24, 2.45) is 11.8 Å². The van der Waals surface area contributed by atoms with Gasteiger partial charge in [0, 0.05) is 18.7 Å². The van der Waals surface area contributed by atoms with Crippen molar-refractivity contribution < 1.29 is 24.2 Å². The Bertz CT molecular complexity index is 764. The van der Waals surface area contributed by atoms with E-state index in [9.17, 15) is 14.4 Å². The maximum atomic E-state index is 12.1. The van der Waals surface area contributed by atoms with Crippen LogP contribution >= 0.6 is 0 Å². The van der Waals surface area contributed by atoms with Gasteiger partial charge in [0.1, 0.15) is 0 Å². The number of para-hydroxylation sites is 1. The first kappa shape index (κ1) is 22.0. The second-order valence-corrected chi connectivity index (χ2v) is 7.98. The Kier molecular flexibility index (Phi) is 8.02. The molecule has 2 saturated heterocycles. The Labute approximate surface area is 176 Å². The predicted octanol–water partition coefficient (Wildman–Crippen LogP) is 3.13. The molecule has 1 aromatic carbocycles. The van der Waals surface area contributed by atoms with Crippen LogP contribution in [-0.4, -0.2) is 41.6 Å². The zero-order valence-electron chi connectivity index (χ0n) is 17.1. The number of amides is 2. The number of ether oxygens (including phenoxy) is 1. The number of fused-ring (bicyclic) bond motifs is 2. The predicted molar refractivity (Wildman–Crippen MR) is 113 cm³/mol. The first-order valence-corrected chi connectivity index (χ1v) is 10.7. The summed E-state index contributed by atoms with van der Waals surface area (Å²) in [4.78, 5) is 34.6. The van der Waals surface area contributed by atoms with Crippen LogP contribution in [0.1, 0.15) is 44.9 Å². The van der Waals surface area contributed by atoms with Crippen LogP contribution in [-0.2, 0) is 19.1 Å². The third kappa shape index (κ3) is 6.16. The van der Waals surface area contributed by atoms with Crippen molar-refractivity contribution in [1.82, 2.24) is 5.32 Å². The van der Waals surface area contributed by atoms with E-state index < -0.39 is 17.8 Å². The van der Waals surface area contributed by atoms with Gasteiger partial charge in [-0.1, -0.05) is 30.4 Å². The second-order valence-electron chi connectivity index (χ2n) is 7.98. The van der Waals surface area contributed by atoms with Gasteiger partial charge in [-0.15, -0.1) is 0 Å². The monoisotopic (exact) mass is 414 g/mol. The third-order valence-corrected chi connectivity index (χ3v) is 5.93. The summed E-state index contributed by atoms with van der Waals surface area (Å²) >= 11 is 0. The molecule has 7 heteroatoms. The van der Waals surface area contributed by atoms with Gasteiger partial charge in [0.2, 0.25) is 0 Å². The second kappa shape index (κ2) is 10.9. The van der Waals surface area contributed by atoms with Crippen LogP contribution in [0.2, 0.25) is 0 Å². The van der Waals surface area contributed by atoms with Gasteiger partial charge in [-0.2, -0.15) is 0 Å². The molecule has 162 valence electrons. The SMILES string of the molecule is O=C(O)CCC/C=C\C[C@@H]1[C@H](CCNC(=O)C(=O)Nc2ccccc2)[C@@H]2CC[C@H]1O2. The Morgan fingerprint density at radius 2 is 1.77 bits per heavy atom. The maximum absolute atomic E-state index is 12.1. The number of carboxylic acid groups (broad SMARTS) is 1. The van der Waals surface area contributed by atoms with Crippen molar-refractivity contribution >= 4 is 23.5 Å². The normalized spacial score (nSPS) is 24.8. The Morgan fingerprint density at radius 1 is 1.03 bits per heavy atom. The number of anilines is 1. The molecule has 2 aliphatic heterocycles. The Morgan fingerprint density at radius 3 is 2.50 bits per heavy atom. The van der Waals surface area contributed by atoms with Crippen molar-refractivity contribution in [3.05, 3.63) is 42.5 Å². The molecule has 2 bridgehead atoms. The summed E-state index contributed by atoms with van der Waals surface area (Å²) in [6.45, 7) is 0.442. The molecule has 2 fully saturated rings. The minimum Gasteiger partial charge on any atom is -0.481 e. The molecule has 2 aliphatic rings. The summed E-state index contributed by atoms with van der Waals surface area (Å²) in [5, 5.41) is 14.0. The van der Waals surface area contributed by atoms with Crippen molar-refractivity contribution in [2.45, 2.75) is 57.2 Å². The highest BCUT2D eigenvalue weighted by atomic mass is 16.5. The molecule has 3 rings (SSSR count). The summed E-state index contributed by atoms with van der Waals surface area (Å²) in [6.07, 6.45) is 10.1. The Balaban J connectivity index is 1.40. The zero-order chi connectivity index (χ0) is 21.3. The summed E-state index contributed by atoms with van der Waals surface area (Å²) in [7, 11) is 0. The van der Waals surface area contributed by atoms with Crippen LogP contribution in [0.3, 0.4) is 0 Å². The lowest BCUT2D eigenvalue weighted by Gasteiger charge is -2.27. The average molecular weight is 415 g/mol. The fourth-order valence-electron chi connectivity index (χ4n) is 4.48. The largest absolute Gasteiger partial charge is 0.481 e. The minimum absolute atomic E-state index is 0.196. The number of carbonyl (C=O) groups is 3. The van der Waals surface area contributed by atoms with E-state index >= 15 is 0 Å². The molecule has 7 nitrogen and oxygen atoms in total. The first-order chi connectivity index (χ1) is 14.5. The molecule has 4 atom stereocenters. The highest BCUT2D eigenvalue weighted by Gasteiger charge is 2.47. The summed E-state index contributed by atoms with van der Waals surface area (Å²) in [5.74, 6) is -1.27. The van der Waals surface area contributed by atoms with Crippen LogP contribution in [0.4, 0.5) is 5.69 Å². The van der Waals surface area contributed by atoms with Crippen LogP contribution in [0.25, 0.3) is 0 Å². The smallest absolute Gasteiger partial charge is 0.313 e. The van der Waals surface area contributed by atoms with Gasteiger partial charge in [0.25, 0.3) is 0 Å². The molecular formula is C23H30N2O5. The van der Waals surface area contributed by atoms with Gasteiger partial charge in [-0.05, 0) is 62.5 Å². The van der Waals surface area contributed by atoms with E-state index in [1.807, 2.05) is 6.07 Å². The van der Waals surface area contributed by atoms with Crippen molar-refractivity contribution in [1.29, 1.82) is 0 Å². The summed E-state index contributed by atoms with van der Waals surface area (Å²) < 4.78 is 6.09. The van der Waals surface area contributed by atoms with Gasteiger partial charge < -0.3 is 20.5 Å². The van der Waals surface area contributed by atoms with E-state index in [0.717, 1.165) is 32.1 Å². The number of carbonyl (C=O) groups excluding carboxylic acids is 2. The van der Waals surface area contributed by atoms with E-state index in [1.165, 1.54) is 0 Å². The molecule has 1 aromatic rings. The van der Waals surface area contributed by atoms with Crippen molar-refractivity contribution in [2.75, 3.05) is 11.9 Å². The van der Waals surface area contributed by atoms with Crippen LogP contribution in [0.5, 0.6) is 0 Å². The van der Waals surface area contributed by atoms with E-state index in [0.29, 0.717) is 30.5 Å². The molecule has 0 aliphatic carbocycles. The summed E-state index contributed by atoms with van der Waals surface area (Å²) in [6, 6.07) is 8.90. The van der Waals surface area contributed by atoms with E-state index in [4.69, 9.17) is 9.84 Å². The number of benzene rings is 1. The number of carboxylic acids is 1. The number of hydrogen-bond acceptors (Lipinski definition) is 4. The lowest BCUT2D eigenvalue weighted by atomic mass is 9.76. The first-order valence-electron chi connectivity index (χ1n) is 10.7. The quantitative estimate of drug-likeness (QED) is 0.310. The van der Waals surface area contributed by atoms with Crippen molar-refractivity contribution in [3.63, 3.8) is 0 Å². The van der Waals surface area contributed by atoms with E-state index in [-0.39, 0.29) is 18.6 Å². The van der Waals surface area contributed by atoms with Crippen LogP contribution in [0.15, 0.2) is 42.5 Å². The fraction of sp³-hybridized carbons (Fsp3) is 0.522. The van der Waals surface area contributed by atoms with E-state index in [1.54, 1.807) is 24.3 Å². The molecule has 0 saturated carbocycles. The molecule has 2 heterocycles. The number of nitrogens with one attached hydrogen (secondary N) is 2. The lowest BCUT2D eigenvalue weighted by molar-refractivity contribution is -0.137. The standard InChI is InChI=1S/C23H30N2O5/c26-21(27)11-7-2-1-6-10-17-18(20-13-12-19(17)30-20)14-15-24-22(28)23(29)25-16-8-4-3-5-9-16/h1,3-6,8-9,17-20H,2,7,10-15H2,(H,24,28)(H,25,29)(H,26,27)/b6-1-/t17-,18+,19-,20+/m1/s1. The molecule has 0 aromatic heterocycles. The number of allylic oxidation sites excluding steroid dienone is 2. The highest BCUT2D eigenvalue weighted by Crippen LogP contribution is 2.46. The number of unbranched alkanes of at least 4 members (excludes halogenated alkanes) is 1. The number of rotatable bonds is 10. The highest BCUT2D eigenvalue weighted by molar-refractivity contribution is 6.39. The third-order valence-electron chi connectivity index (χ3n) is 5.93. The molecule has 3 N–H and O–H groups in total. The summed E-state index contributed by atoms with van der Waals surface area (Å²) in [5.41, 5.74) is 0.592. The van der Waals surface area contributed by atoms with Crippen molar-refractivity contribution in [3.8, 4) is 0 Å². The van der Waals surface area contributed by atoms with Gasteiger partial charge in [-0.3, -0.25) is 14.4 Å². The maximum Gasteiger partial charge on any atom is 0.313 e. The van der Waals surface area contributed by atoms with E-state index in [2.05, 4.69) is 22.8 Å². The van der Waals surface area contributed by atoms with Crippen LogP contribution in [0, 0.1) is 11.8 Å². The fourth-order valence-corrected chi connectivity index (χ4v) is 4.48.